The number of hydrogen-bond donors (Lipinski definition) is 1. The number of anilines is 1. The minimum absolute atomic E-state index is 0.100. The van der Waals surface area contributed by atoms with Crippen LogP contribution >= 0.6 is 22.7 Å². The lowest BCUT2D eigenvalue weighted by atomic mass is 10.3. The zero-order valence-corrected chi connectivity index (χ0v) is 14.3. The molecule has 0 unspecified atom stereocenters. The fourth-order valence-corrected chi connectivity index (χ4v) is 3.72. The summed E-state index contributed by atoms with van der Waals surface area (Å²) in [5, 5.41) is 7.43. The first kappa shape index (κ1) is 15.9. The van der Waals surface area contributed by atoms with E-state index in [-0.39, 0.29) is 5.91 Å². The molecule has 23 heavy (non-hydrogen) atoms. The molecule has 0 radical (unpaired) electrons. The molecule has 0 aliphatic heterocycles. The maximum absolute atomic E-state index is 11.1. The molecular formula is C16H17N3O2S2. The van der Waals surface area contributed by atoms with E-state index in [9.17, 15) is 4.79 Å². The lowest BCUT2D eigenvalue weighted by molar-refractivity contribution is -0.114. The second-order valence-electron chi connectivity index (χ2n) is 5.13. The van der Waals surface area contributed by atoms with Crippen molar-refractivity contribution in [2.75, 3.05) is 5.32 Å². The third-order valence-corrected chi connectivity index (χ3v) is 4.81. The van der Waals surface area contributed by atoms with Gasteiger partial charge in [-0.25, -0.2) is 4.98 Å². The Morgan fingerprint density at radius 1 is 1.26 bits per heavy atom. The Morgan fingerprint density at radius 3 is 2.87 bits per heavy atom. The van der Waals surface area contributed by atoms with Crippen molar-refractivity contribution in [1.82, 2.24) is 9.88 Å². The first-order chi connectivity index (χ1) is 11.2. The molecular weight excluding hydrogens is 330 g/mol. The summed E-state index contributed by atoms with van der Waals surface area (Å²) in [6.07, 6.45) is 1.69. The Balaban J connectivity index is 1.69. The molecule has 3 aromatic rings. The smallest absolute Gasteiger partial charge is 0.223 e. The zero-order chi connectivity index (χ0) is 16.1. The number of hydrogen-bond acceptors (Lipinski definition) is 6. The molecule has 0 saturated heterocycles. The summed E-state index contributed by atoms with van der Waals surface area (Å²) in [7, 11) is 0. The molecule has 5 nitrogen and oxygen atoms in total. The summed E-state index contributed by atoms with van der Waals surface area (Å²) in [6, 6.07) is 8.06. The van der Waals surface area contributed by atoms with Gasteiger partial charge in [-0.3, -0.25) is 9.69 Å². The molecule has 0 aromatic carbocycles. The number of rotatable bonds is 7. The Labute approximate surface area is 142 Å². The first-order valence-electron chi connectivity index (χ1n) is 7.18. The van der Waals surface area contributed by atoms with Crippen molar-refractivity contribution < 1.29 is 9.21 Å². The number of nitrogens with zero attached hydrogens (tertiary/aromatic N) is 2. The van der Waals surface area contributed by atoms with Gasteiger partial charge in [0.2, 0.25) is 5.91 Å². The van der Waals surface area contributed by atoms with Crippen LogP contribution in [0.5, 0.6) is 0 Å². The summed E-state index contributed by atoms with van der Waals surface area (Å²) in [5.41, 5.74) is 0.946. The average Bonchev–Trinajstić information content (AvgIpc) is 3.22. The third-order valence-electron chi connectivity index (χ3n) is 3.14. The summed E-state index contributed by atoms with van der Waals surface area (Å²) in [6.45, 7) is 3.75. The van der Waals surface area contributed by atoms with Crippen LogP contribution in [0.15, 0.2) is 45.7 Å². The largest absolute Gasteiger partial charge is 0.468 e. The molecule has 0 saturated carbocycles. The molecule has 120 valence electrons. The number of nitrogens with one attached hydrogen (secondary N) is 1. The van der Waals surface area contributed by atoms with Gasteiger partial charge < -0.3 is 9.73 Å². The highest BCUT2D eigenvalue weighted by Gasteiger charge is 2.13. The topological polar surface area (TPSA) is 58.4 Å². The summed E-state index contributed by atoms with van der Waals surface area (Å²) in [5.74, 6) is 0.829. The second kappa shape index (κ2) is 7.54. The minimum Gasteiger partial charge on any atom is -0.468 e. The molecule has 0 aliphatic carbocycles. The molecule has 3 aromatic heterocycles. The lowest BCUT2D eigenvalue weighted by Gasteiger charge is -2.19. The van der Waals surface area contributed by atoms with Gasteiger partial charge in [0, 0.05) is 30.3 Å². The van der Waals surface area contributed by atoms with E-state index >= 15 is 0 Å². The number of thiophene rings is 1. The molecule has 0 bridgehead atoms. The van der Waals surface area contributed by atoms with Gasteiger partial charge in [-0.2, -0.15) is 0 Å². The average molecular weight is 347 g/mol. The van der Waals surface area contributed by atoms with E-state index in [1.807, 2.05) is 17.5 Å². The van der Waals surface area contributed by atoms with Gasteiger partial charge in [-0.15, -0.1) is 22.7 Å². The molecule has 3 rings (SSSR count). The SMILES string of the molecule is CC(=O)Nc1nc(CN(Cc2ccco2)Cc2cccs2)cs1. The fraction of sp³-hybridized carbons (Fsp3) is 0.250. The number of aromatic nitrogens is 1. The predicted molar refractivity (Wildman–Crippen MR) is 92.4 cm³/mol. The standard InChI is InChI=1S/C16H17N3O2S2/c1-12(20)17-16-18-13(11-23-16)8-19(9-14-4-2-6-21-14)10-15-5-3-7-22-15/h2-7,11H,8-10H2,1H3,(H,17,18,20). The molecule has 7 heteroatoms. The van der Waals surface area contributed by atoms with E-state index in [0.717, 1.165) is 24.5 Å². The van der Waals surface area contributed by atoms with E-state index < -0.39 is 0 Å². The number of carbonyl (C=O) groups excluding carboxylic acids is 1. The van der Waals surface area contributed by atoms with Crippen LogP contribution in [0.25, 0.3) is 0 Å². The van der Waals surface area contributed by atoms with Crippen LogP contribution in [0.1, 0.15) is 23.3 Å². The van der Waals surface area contributed by atoms with Gasteiger partial charge in [0.1, 0.15) is 5.76 Å². The van der Waals surface area contributed by atoms with E-state index in [1.54, 1.807) is 17.6 Å². The Kier molecular flexibility index (Phi) is 5.22. The van der Waals surface area contributed by atoms with Crippen molar-refractivity contribution >= 4 is 33.7 Å². The number of furan rings is 1. The van der Waals surface area contributed by atoms with E-state index in [1.165, 1.54) is 23.1 Å². The fourth-order valence-electron chi connectivity index (χ4n) is 2.23. The van der Waals surface area contributed by atoms with Gasteiger partial charge >= 0.3 is 0 Å². The van der Waals surface area contributed by atoms with Gasteiger partial charge in [0.05, 0.1) is 18.5 Å². The minimum atomic E-state index is -0.100. The highest BCUT2D eigenvalue weighted by Crippen LogP contribution is 2.20. The summed E-state index contributed by atoms with van der Waals surface area (Å²) >= 11 is 3.19. The van der Waals surface area contributed by atoms with Crippen LogP contribution in [-0.2, 0) is 24.4 Å². The maximum atomic E-state index is 11.1. The van der Waals surface area contributed by atoms with Crippen molar-refractivity contribution in [3.05, 3.63) is 57.6 Å². The monoisotopic (exact) mass is 347 g/mol. The molecule has 0 fully saturated rings. The maximum Gasteiger partial charge on any atom is 0.223 e. The first-order valence-corrected chi connectivity index (χ1v) is 8.94. The summed E-state index contributed by atoms with van der Waals surface area (Å²) in [4.78, 5) is 19.1. The van der Waals surface area contributed by atoms with Gasteiger partial charge in [0.15, 0.2) is 5.13 Å². The van der Waals surface area contributed by atoms with Crippen molar-refractivity contribution in [1.29, 1.82) is 0 Å². The van der Waals surface area contributed by atoms with Crippen LogP contribution in [0.3, 0.4) is 0 Å². The number of amides is 1. The van der Waals surface area contributed by atoms with Gasteiger partial charge in [0.25, 0.3) is 0 Å². The van der Waals surface area contributed by atoms with Crippen molar-refractivity contribution in [3.8, 4) is 0 Å². The van der Waals surface area contributed by atoms with Crippen molar-refractivity contribution in [2.24, 2.45) is 0 Å². The van der Waals surface area contributed by atoms with Gasteiger partial charge in [-0.05, 0) is 23.6 Å². The third kappa shape index (κ3) is 4.75. The van der Waals surface area contributed by atoms with Crippen LogP contribution < -0.4 is 5.32 Å². The molecule has 0 spiro atoms. The van der Waals surface area contributed by atoms with Crippen LogP contribution in [0, 0.1) is 0 Å². The molecule has 1 amide bonds. The normalized spacial score (nSPS) is 11.0. The molecule has 0 atom stereocenters. The van der Waals surface area contributed by atoms with E-state index in [4.69, 9.17) is 4.42 Å². The Hall–Kier alpha value is -1.96. The Bertz CT molecular complexity index is 699. The number of carbonyl (C=O) groups is 1. The lowest BCUT2D eigenvalue weighted by Crippen LogP contribution is -2.22. The highest BCUT2D eigenvalue weighted by molar-refractivity contribution is 7.13. The second-order valence-corrected chi connectivity index (χ2v) is 7.02. The van der Waals surface area contributed by atoms with Crippen LogP contribution in [0.4, 0.5) is 5.13 Å². The van der Waals surface area contributed by atoms with E-state index in [0.29, 0.717) is 11.7 Å². The molecule has 1 N–H and O–H groups in total. The van der Waals surface area contributed by atoms with E-state index in [2.05, 4.69) is 32.7 Å². The van der Waals surface area contributed by atoms with Gasteiger partial charge in [-0.1, -0.05) is 6.07 Å². The van der Waals surface area contributed by atoms with Crippen LogP contribution in [0.2, 0.25) is 0 Å². The number of thiazole rings is 1. The summed E-state index contributed by atoms with van der Waals surface area (Å²) < 4.78 is 5.47. The Morgan fingerprint density at radius 2 is 2.17 bits per heavy atom. The zero-order valence-electron chi connectivity index (χ0n) is 12.7. The molecule has 3 heterocycles. The quantitative estimate of drug-likeness (QED) is 0.703. The highest BCUT2D eigenvalue weighted by atomic mass is 32.1. The van der Waals surface area contributed by atoms with Crippen molar-refractivity contribution in [3.63, 3.8) is 0 Å². The predicted octanol–water partition coefficient (Wildman–Crippen LogP) is 3.96. The van der Waals surface area contributed by atoms with Crippen molar-refractivity contribution in [2.45, 2.75) is 26.6 Å². The van der Waals surface area contributed by atoms with Crippen LogP contribution in [-0.4, -0.2) is 15.8 Å². The molecule has 0 aliphatic rings.